The molecule has 1 saturated heterocycles. The first-order valence-corrected chi connectivity index (χ1v) is 8.37. The van der Waals surface area contributed by atoms with Gasteiger partial charge in [-0.25, -0.2) is 0 Å². The first-order chi connectivity index (χ1) is 9.21. The summed E-state index contributed by atoms with van der Waals surface area (Å²) < 4.78 is 0. The predicted molar refractivity (Wildman–Crippen MR) is 84.5 cm³/mol. The summed E-state index contributed by atoms with van der Waals surface area (Å²) in [6, 6.07) is 0.760. The SMILES string of the molecule is CCC(CCN)CCCN1CCN(C(C)CC)CC1. The average Bonchev–Trinajstić information content (AvgIpc) is 2.46. The maximum absolute atomic E-state index is 5.66. The molecule has 0 aromatic carbocycles. The molecule has 1 heterocycles. The molecule has 0 radical (unpaired) electrons. The van der Waals surface area contributed by atoms with Crippen LogP contribution < -0.4 is 5.73 Å². The van der Waals surface area contributed by atoms with Crippen molar-refractivity contribution in [3.63, 3.8) is 0 Å². The standard InChI is InChI=1S/C16H35N3/c1-4-15(3)19-13-11-18(12-14-19)10-6-7-16(5-2)8-9-17/h15-16H,4-14,17H2,1-3H3. The highest BCUT2D eigenvalue weighted by atomic mass is 15.3. The zero-order valence-corrected chi connectivity index (χ0v) is 13.4. The quantitative estimate of drug-likeness (QED) is 0.698. The van der Waals surface area contributed by atoms with E-state index in [1.54, 1.807) is 0 Å². The number of nitrogens with zero attached hydrogens (tertiary/aromatic N) is 2. The third-order valence-corrected chi connectivity index (χ3v) is 4.86. The molecule has 19 heavy (non-hydrogen) atoms. The van der Waals surface area contributed by atoms with Crippen molar-refractivity contribution in [2.24, 2.45) is 11.7 Å². The molecule has 1 fully saturated rings. The fourth-order valence-corrected chi connectivity index (χ4v) is 3.08. The summed E-state index contributed by atoms with van der Waals surface area (Å²) in [5.41, 5.74) is 5.66. The topological polar surface area (TPSA) is 32.5 Å². The fourth-order valence-electron chi connectivity index (χ4n) is 3.08. The summed E-state index contributed by atoms with van der Waals surface area (Å²) in [5, 5.41) is 0. The van der Waals surface area contributed by atoms with Gasteiger partial charge in [-0.05, 0) is 51.6 Å². The van der Waals surface area contributed by atoms with Crippen LogP contribution in [0.25, 0.3) is 0 Å². The lowest BCUT2D eigenvalue weighted by molar-refractivity contribution is 0.0985. The van der Waals surface area contributed by atoms with Crippen molar-refractivity contribution in [2.75, 3.05) is 39.3 Å². The number of nitrogens with two attached hydrogens (primary N) is 1. The van der Waals surface area contributed by atoms with Gasteiger partial charge in [-0.2, -0.15) is 0 Å². The highest BCUT2D eigenvalue weighted by Crippen LogP contribution is 2.15. The minimum Gasteiger partial charge on any atom is -0.330 e. The van der Waals surface area contributed by atoms with E-state index in [9.17, 15) is 0 Å². The van der Waals surface area contributed by atoms with Gasteiger partial charge < -0.3 is 10.6 Å². The van der Waals surface area contributed by atoms with Gasteiger partial charge in [0.05, 0.1) is 0 Å². The molecule has 0 aliphatic carbocycles. The van der Waals surface area contributed by atoms with Crippen molar-refractivity contribution < 1.29 is 0 Å². The van der Waals surface area contributed by atoms with Gasteiger partial charge in [0.25, 0.3) is 0 Å². The second-order valence-corrected chi connectivity index (χ2v) is 6.13. The molecule has 3 heteroatoms. The first-order valence-electron chi connectivity index (χ1n) is 8.37. The van der Waals surface area contributed by atoms with E-state index in [-0.39, 0.29) is 0 Å². The summed E-state index contributed by atoms with van der Waals surface area (Å²) >= 11 is 0. The summed E-state index contributed by atoms with van der Waals surface area (Å²) in [5.74, 6) is 0.853. The zero-order valence-electron chi connectivity index (χ0n) is 13.4. The third-order valence-electron chi connectivity index (χ3n) is 4.86. The molecular weight excluding hydrogens is 234 g/mol. The van der Waals surface area contributed by atoms with Crippen LogP contribution in [0.3, 0.4) is 0 Å². The highest BCUT2D eigenvalue weighted by molar-refractivity contribution is 4.75. The van der Waals surface area contributed by atoms with Gasteiger partial charge in [-0.3, -0.25) is 4.90 Å². The third kappa shape index (κ3) is 6.24. The number of rotatable bonds is 9. The van der Waals surface area contributed by atoms with E-state index in [2.05, 4.69) is 30.6 Å². The molecule has 0 saturated carbocycles. The van der Waals surface area contributed by atoms with Crippen LogP contribution in [0.1, 0.15) is 52.9 Å². The van der Waals surface area contributed by atoms with Gasteiger partial charge in [-0.15, -0.1) is 0 Å². The maximum atomic E-state index is 5.66. The molecule has 0 amide bonds. The Morgan fingerprint density at radius 1 is 1.00 bits per heavy atom. The van der Waals surface area contributed by atoms with Crippen LogP contribution in [-0.4, -0.2) is 55.1 Å². The minimum absolute atomic E-state index is 0.760. The van der Waals surface area contributed by atoms with Crippen LogP contribution in [0.5, 0.6) is 0 Å². The number of hydrogen-bond acceptors (Lipinski definition) is 3. The predicted octanol–water partition coefficient (Wildman–Crippen LogP) is 2.56. The summed E-state index contributed by atoms with van der Waals surface area (Å²) in [4.78, 5) is 5.29. The van der Waals surface area contributed by atoms with Gasteiger partial charge in [0.2, 0.25) is 0 Å². The Morgan fingerprint density at radius 2 is 1.68 bits per heavy atom. The Hall–Kier alpha value is -0.120. The number of piperazine rings is 1. The average molecular weight is 269 g/mol. The van der Waals surface area contributed by atoms with E-state index in [0.29, 0.717) is 0 Å². The van der Waals surface area contributed by atoms with E-state index in [1.807, 2.05) is 0 Å². The van der Waals surface area contributed by atoms with Crippen molar-refractivity contribution in [2.45, 2.75) is 58.9 Å². The number of hydrogen-bond donors (Lipinski definition) is 1. The molecular formula is C16H35N3. The van der Waals surface area contributed by atoms with Gasteiger partial charge in [0.15, 0.2) is 0 Å². The smallest absolute Gasteiger partial charge is 0.0113 e. The van der Waals surface area contributed by atoms with Crippen molar-refractivity contribution >= 4 is 0 Å². The molecule has 0 aromatic rings. The minimum atomic E-state index is 0.760. The Kier molecular flexibility index (Phi) is 8.67. The molecule has 0 aromatic heterocycles. The lowest BCUT2D eigenvalue weighted by atomic mass is 9.96. The van der Waals surface area contributed by atoms with Crippen LogP contribution in [0.2, 0.25) is 0 Å². The van der Waals surface area contributed by atoms with E-state index >= 15 is 0 Å². The Bertz CT molecular complexity index is 212. The molecule has 114 valence electrons. The molecule has 1 aliphatic heterocycles. The monoisotopic (exact) mass is 269 g/mol. The van der Waals surface area contributed by atoms with Crippen molar-refractivity contribution in [3.8, 4) is 0 Å². The van der Waals surface area contributed by atoms with Crippen LogP contribution in [0.15, 0.2) is 0 Å². The molecule has 1 rings (SSSR count). The van der Waals surface area contributed by atoms with E-state index in [0.717, 1.165) is 18.5 Å². The zero-order chi connectivity index (χ0) is 14.1. The fraction of sp³-hybridized carbons (Fsp3) is 1.00. The Labute approximate surface area is 120 Å². The van der Waals surface area contributed by atoms with Crippen LogP contribution in [-0.2, 0) is 0 Å². The van der Waals surface area contributed by atoms with Gasteiger partial charge in [0.1, 0.15) is 0 Å². The summed E-state index contributed by atoms with van der Waals surface area (Å²) in [6.07, 6.45) is 6.48. The van der Waals surface area contributed by atoms with Crippen molar-refractivity contribution in [1.29, 1.82) is 0 Å². The van der Waals surface area contributed by atoms with Crippen molar-refractivity contribution in [1.82, 2.24) is 9.80 Å². The van der Waals surface area contributed by atoms with Gasteiger partial charge in [0, 0.05) is 32.2 Å². The van der Waals surface area contributed by atoms with Crippen LogP contribution in [0.4, 0.5) is 0 Å². The molecule has 0 bridgehead atoms. The van der Waals surface area contributed by atoms with E-state index in [4.69, 9.17) is 5.73 Å². The van der Waals surface area contributed by atoms with E-state index < -0.39 is 0 Å². The summed E-state index contributed by atoms with van der Waals surface area (Å²) in [7, 11) is 0. The van der Waals surface area contributed by atoms with Gasteiger partial charge >= 0.3 is 0 Å². The molecule has 3 nitrogen and oxygen atoms in total. The molecule has 1 aliphatic rings. The Balaban J connectivity index is 2.12. The largest absolute Gasteiger partial charge is 0.330 e. The molecule has 2 N–H and O–H groups in total. The molecule has 2 atom stereocenters. The van der Waals surface area contributed by atoms with Crippen LogP contribution >= 0.6 is 0 Å². The normalized spacial score (nSPS) is 21.5. The summed E-state index contributed by atoms with van der Waals surface area (Å²) in [6.45, 7) is 14.1. The molecule has 2 unspecified atom stereocenters. The second kappa shape index (κ2) is 9.73. The van der Waals surface area contributed by atoms with Crippen molar-refractivity contribution in [3.05, 3.63) is 0 Å². The second-order valence-electron chi connectivity index (χ2n) is 6.13. The first kappa shape index (κ1) is 16.9. The maximum Gasteiger partial charge on any atom is 0.0113 e. The molecule has 0 spiro atoms. The lowest BCUT2D eigenvalue weighted by Gasteiger charge is -2.38. The van der Waals surface area contributed by atoms with Gasteiger partial charge in [-0.1, -0.05) is 20.3 Å². The Morgan fingerprint density at radius 3 is 2.21 bits per heavy atom. The van der Waals surface area contributed by atoms with E-state index in [1.165, 1.54) is 64.8 Å². The highest BCUT2D eigenvalue weighted by Gasteiger charge is 2.19. The van der Waals surface area contributed by atoms with Crippen LogP contribution in [0, 0.1) is 5.92 Å². The lowest BCUT2D eigenvalue weighted by Crippen LogP contribution is -2.49.